The second-order valence-corrected chi connectivity index (χ2v) is 7.53. The summed E-state index contributed by atoms with van der Waals surface area (Å²) in [6, 6.07) is 7.80. The Bertz CT molecular complexity index is 948. The summed E-state index contributed by atoms with van der Waals surface area (Å²) in [5.41, 5.74) is 2.41. The molecule has 3 heterocycles. The number of nitrogens with one attached hydrogen (secondary N) is 1. The van der Waals surface area contributed by atoms with Gasteiger partial charge >= 0.3 is 0 Å². The molecule has 1 N–H and O–H groups in total. The maximum atomic E-state index is 12.6. The van der Waals surface area contributed by atoms with Gasteiger partial charge in [-0.15, -0.1) is 0 Å². The number of aromatic nitrogens is 3. The summed E-state index contributed by atoms with van der Waals surface area (Å²) in [6.45, 7) is 5.79. The second kappa shape index (κ2) is 6.97. The van der Waals surface area contributed by atoms with Crippen molar-refractivity contribution in [3.05, 3.63) is 41.9 Å². The Morgan fingerprint density at radius 3 is 2.77 bits per heavy atom. The number of hydrogen-bond acceptors (Lipinski definition) is 7. The second-order valence-electron chi connectivity index (χ2n) is 6.50. The normalized spacial score (nSPS) is 15.4. The average molecular weight is 368 g/mol. The molecule has 0 unspecified atom stereocenters. The zero-order chi connectivity index (χ0) is 18.1. The van der Waals surface area contributed by atoms with Crippen molar-refractivity contribution in [3.63, 3.8) is 0 Å². The van der Waals surface area contributed by atoms with Crippen molar-refractivity contribution < 1.29 is 4.79 Å². The van der Waals surface area contributed by atoms with Crippen molar-refractivity contribution in [2.75, 3.05) is 43.4 Å². The lowest BCUT2D eigenvalue weighted by atomic mass is 10.2. The first-order valence-electron chi connectivity index (χ1n) is 8.52. The van der Waals surface area contributed by atoms with Gasteiger partial charge in [-0.3, -0.25) is 10.1 Å². The zero-order valence-corrected chi connectivity index (χ0v) is 15.6. The van der Waals surface area contributed by atoms with Gasteiger partial charge in [0.2, 0.25) is 0 Å². The van der Waals surface area contributed by atoms with Crippen molar-refractivity contribution in [3.8, 4) is 0 Å². The molecule has 1 saturated heterocycles. The molecule has 134 valence electrons. The maximum Gasteiger partial charge on any atom is 0.276 e. The number of nitrogens with zero attached hydrogens (tertiary/aromatic N) is 5. The van der Waals surface area contributed by atoms with Crippen LogP contribution < -0.4 is 10.2 Å². The van der Waals surface area contributed by atoms with E-state index < -0.39 is 0 Å². The monoisotopic (exact) mass is 368 g/mol. The molecule has 7 nitrogen and oxygen atoms in total. The Labute approximate surface area is 155 Å². The van der Waals surface area contributed by atoms with E-state index in [1.54, 1.807) is 6.07 Å². The summed E-state index contributed by atoms with van der Waals surface area (Å²) >= 11 is 1.46. The standard InChI is InChI=1S/C18H20N6OS/c1-12-3-4-13-15(9-12)26-18(21-13)22-17(25)14-10-16(20-11-19-14)24-7-5-23(2)6-8-24/h3-4,9-11H,5-8H2,1-2H3,(H,21,22,25). The van der Waals surface area contributed by atoms with E-state index in [0.717, 1.165) is 42.2 Å². The van der Waals surface area contributed by atoms with Crippen LogP contribution in [0, 0.1) is 6.92 Å². The number of hydrogen-bond donors (Lipinski definition) is 1. The number of thiazole rings is 1. The fraction of sp³-hybridized carbons (Fsp3) is 0.333. The third-order valence-electron chi connectivity index (χ3n) is 4.48. The van der Waals surface area contributed by atoms with E-state index in [1.165, 1.54) is 23.2 Å². The highest BCUT2D eigenvalue weighted by molar-refractivity contribution is 7.22. The van der Waals surface area contributed by atoms with Gasteiger partial charge in [0.1, 0.15) is 17.8 Å². The SMILES string of the molecule is Cc1ccc2nc(NC(=O)c3cc(N4CCN(C)CC4)ncn3)sc2c1. The van der Waals surface area contributed by atoms with Gasteiger partial charge < -0.3 is 9.80 Å². The fourth-order valence-corrected chi connectivity index (χ4v) is 3.89. The molecular formula is C18H20N6OS. The van der Waals surface area contributed by atoms with Crippen molar-refractivity contribution in [2.24, 2.45) is 0 Å². The third-order valence-corrected chi connectivity index (χ3v) is 5.41. The van der Waals surface area contributed by atoms with Gasteiger partial charge in [0.15, 0.2) is 5.13 Å². The summed E-state index contributed by atoms with van der Waals surface area (Å²) in [4.78, 5) is 30.0. The Kier molecular flexibility index (Phi) is 4.52. The first kappa shape index (κ1) is 16.9. The maximum absolute atomic E-state index is 12.6. The molecule has 26 heavy (non-hydrogen) atoms. The lowest BCUT2D eigenvalue weighted by Crippen LogP contribution is -2.44. The molecule has 0 radical (unpaired) electrons. The van der Waals surface area contributed by atoms with Crippen molar-refractivity contribution in [1.29, 1.82) is 0 Å². The highest BCUT2D eigenvalue weighted by Crippen LogP contribution is 2.27. The van der Waals surface area contributed by atoms with Gasteiger partial charge in [0, 0.05) is 32.2 Å². The predicted molar refractivity (Wildman–Crippen MR) is 104 cm³/mol. The zero-order valence-electron chi connectivity index (χ0n) is 14.8. The highest BCUT2D eigenvalue weighted by atomic mass is 32.1. The minimum Gasteiger partial charge on any atom is -0.354 e. The van der Waals surface area contributed by atoms with E-state index in [9.17, 15) is 4.79 Å². The van der Waals surface area contributed by atoms with Crippen molar-refractivity contribution in [2.45, 2.75) is 6.92 Å². The molecule has 0 spiro atoms. The van der Waals surface area contributed by atoms with Crippen LogP contribution in [0.1, 0.15) is 16.1 Å². The Morgan fingerprint density at radius 2 is 1.96 bits per heavy atom. The minimum atomic E-state index is -0.265. The van der Waals surface area contributed by atoms with Crippen LogP contribution in [0.25, 0.3) is 10.2 Å². The Morgan fingerprint density at radius 1 is 1.15 bits per heavy atom. The summed E-state index contributed by atoms with van der Waals surface area (Å²) in [7, 11) is 2.11. The summed E-state index contributed by atoms with van der Waals surface area (Å²) in [6.07, 6.45) is 1.45. The van der Waals surface area contributed by atoms with Crippen LogP contribution in [-0.4, -0.2) is 59.0 Å². The summed E-state index contributed by atoms with van der Waals surface area (Å²) < 4.78 is 1.06. The largest absolute Gasteiger partial charge is 0.354 e. The first-order chi connectivity index (χ1) is 12.6. The van der Waals surface area contributed by atoms with Crippen LogP contribution in [0.4, 0.5) is 10.9 Å². The number of aryl methyl sites for hydroxylation is 1. The molecule has 4 rings (SSSR count). The predicted octanol–water partition coefficient (Wildman–Crippen LogP) is 2.40. The molecule has 3 aromatic rings. The first-order valence-corrected chi connectivity index (χ1v) is 9.34. The molecule has 8 heteroatoms. The topological polar surface area (TPSA) is 74.2 Å². The van der Waals surface area contributed by atoms with E-state index in [2.05, 4.69) is 43.2 Å². The molecular weight excluding hydrogens is 348 g/mol. The molecule has 1 aliphatic rings. The molecule has 0 aliphatic carbocycles. The van der Waals surface area contributed by atoms with E-state index >= 15 is 0 Å². The van der Waals surface area contributed by atoms with Crippen LogP contribution in [0.3, 0.4) is 0 Å². The number of carbonyl (C=O) groups excluding carboxylic acids is 1. The minimum absolute atomic E-state index is 0.265. The molecule has 0 saturated carbocycles. The lowest BCUT2D eigenvalue weighted by Gasteiger charge is -2.33. The molecule has 1 fully saturated rings. The molecule has 1 aliphatic heterocycles. The van der Waals surface area contributed by atoms with Gasteiger partial charge in [-0.1, -0.05) is 17.4 Å². The van der Waals surface area contributed by atoms with Gasteiger partial charge in [0.25, 0.3) is 5.91 Å². The third kappa shape index (κ3) is 3.51. The molecule has 1 amide bonds. The van der Waals surface area contributed by atoms with Gasteiger partial charge in [0.05, 0.1) is 10.2 Å². The van der Waals surface area contributed by atoms with Crippen LogP contribution in [0.15, 0.2) is 30.6 Å². The van der Waals surface area contributed by atoms with Gasteiger partial charge in [-0.05, 0) is 31.7 Å². The number of benzene rings is 1. The number of likely N-dealkylation sites (N-methyl/N-ethyl adjacent to an activating group) is 1. The molecule has 2 aromatic heterocycles. The van der Waals surface area contributed by atoms with Crippen LogP contribution in [0.5, 0.6) is 0 Å². The number of amides is 1. The van der Waals surface area contributed by atoms with Crippen LogP contribution in [-0.2, 0) is 0 Å². The average Bonchev–Trinajstić information content (AvgIpc) is 3.03. The van der Waals surface area contributed by atoms with Crippen molar-refractivity contribution >= 4 is 38.4 Å². The van der Waals surface area contributed by atoms with E-state index in [0.29, 0.717) is 10.8 Å². The van der Waals surface area contributed by atoms with Gasteiger partial charge in [-0.25, -0.2) is 15.0 Å². The van der Waals surface area contributed by atoms with Crippen LogP contribution >= 0.6 is 11.3 Å². The number of piperazine rings is 1. The van der Waals surface area contributed by atoms with E-state index in [4.69, 9.17) is 0 Å². The molecule has 0 atom stereocenters. The Balaban J connectivity index is 1.51. The van der Waals surface area contributed by atoms with Crippen molar-refractivity contribution in [1.82, 2.24) is 19.9 Å². The smallest absolute Gasteiger partial charge is 0.276 e. The number of carbonyl (C=O) groups is 1. The number of rotatable bonds is 3. The number of anilines is 2. The molecule has 1 aromatic carbocycles. The van der Waals surface area contributed by atoms with E-state index in [1.807, 2.05) is 19.1 Å². The van der Waals surface area contributed by atoms with Gasteiger partial charge in [-0.2, -0.15) is 0 Å². The Hall–Kier alpha value is -2.58. The van der Waals surface area contributed by atoms with Crippen LogP contribution in [0.2, 0.25) is 0 Å². The van der Waals surface area contributed by atoms with E-state index in [-0.39, 0.29) is 5.91 Å². The summed E-state index contributed by atoms with van der Waals surface area (Å²) in [5.74, 6) is 0.525. The highest BCUT2D eigenvalue weighted by Gasteiger charge is 2.18. The number of fused-ring (bicyclic) bond motifs is 1. The summed E-state index contributed by atoms with van der Waals surface area (Å²) in [5, 5.41) is 3.43. The molecule has 0 bridgehead atoms. The lowest BCUT2D eigenvalue weighted by molar-refractivity contribution is 0.102. The fourth-order valence-electron chi connectivity index (χ4n) is 2.93. The quantitative estimate of drug-likeness (QED) is 0.765.